The van der Waals surface area contributed by atoms with Crippen molar-refractivity contribution in [3.05, 3.63) is 0 Å². The maximum Gasteiger partial charge on any atom is 0.278 e. The lowest BCUT2D eigenvalue weighted by atomic mass is 10.0. The molecule has 0 radical (unpaired) electrons. The van der Waals surface area contributed by atoms with E-state index < -0.39 is 18.5 Å². The van der Waals surface area contributed by atoms with Crippen molar-refractivity contribution >= 4 is 0 Å². The highest BCUT2D eigenvalue weighted by atomic mass is 19.3. The summed E-state index contributed by atoms with van der Waals surface area (Å²) in [6.07, 6.45) is 2.66. The fourth-order valence-electron chi connectivity index (χ4n) is 1.46. The highest BCUT2D eigenvalue weighted by Crippen LogP contribution is 2.37. The minimum atomic E-state index is -3.05. The molecule has 1 aliphatic rings. The molecule has 1 fully saturated rings. The molecule has 0 aromatic rings. The molecule has 10 heavy (non-hydrogen) atoms. The summed E-state index contributed by atoms with van der Waals surface area (Å²) < 4.78 is 36.6. The minimum absolute atomic E-state index is 0.497. The van der Waals surface area contributed by atoms with Gasteiger partial charge in [-0.2, -0.15) is 0 Å². The van der Waals surface area contributed by atoms with Crippen LogP contribution in [0.2, 0.25) is 0 Å². The zero-order valence-electron chi connectivity index (χ0n) is 5.75. The molecule has 0 aliphatic heterocycles. The van der Waals surface area contributed by atoms with Gasteiger partial charge in [-0.15, -0.1) is 0 Å². The van der Waals surface area contributed by atoms with Gasteiger partial charge in [0.05, 0.1) is 0 Å². The van der Waals surface area contributed by atoms with Crippen molar-refractivity contribution in [1.29, 1.82) is 0 Å². The molecule has 3 heteroatoms. The predicted molar refractivity (Wildman–Crippen MR) is 32.9 cm³/mol. The third kappa shape index (κ3) is 1.44. The summed E-state index contributed by atoms with van der Waals surface area (Å²) in [6, 6.07) is 0. The van der Waals surface area contributed by atoms with Gasteiger partial charge in [-0.05, 0) is 12.8 Å². The Balaban J connectivity index is 2.45. The number of rotatable bonds is 2. The molecule has 0 aromatic carbocycles. The van der Waals surface area contributed by atoms with Crippen LogP contribution in [0.3, 0.4) is 0 Å². The normalized spacial score (nSPS) is 21.9. The van der Waals surface area contributed by atoms with E-state index in [1.165, 1.54) is 0 Å². The Morgan fingerprint density at radius 2 is 1.70 bits per heavy atom. The number of halogens is 3. The van der Waals surface area contributed by atoms with Gasteiger partial charge in [0.15, 0.2) is 6.67 Å². The molecule has 0 saturated heterocycles. The van der Waals surface area contributed by atoms with Crippen molar-refractivity contribution in [2.45, 2.75) is 31.6 Å². The Kier molecular flexibility index (Phi) is 2.21. The molecule has 1 aliphatic carbocycles. The minimum Gasteiger partial charge on any atom is -0.244 e. The summed E-state index contributed by atoms with van der Waals surface area (Å²) >= 11 is 0. The van der Waals surface area contributed by atoms with Gasteiger partial charge in [0.2, 0.25) is 0 Å². The van der Waals surface area contributed by atoms with Crippen LogP contribution in [0.5, 0.6) is 0 Å². The van der Waals surface area contributed by atoms with Crippen LogP contribution < -0.4 is 0 Å². The van der Waals surface area contributed by atoms with Crippen LogP contribution in [0.25, 0.3) is 0 Å². The first kappa shape index (κ1) is 7.89. The molecule has 0 N–H and O–H groups in total. The van der Waals surface area contributed by atoms with Crippen molar-refractivity contribution in [3.8, 4) is 0 Å². The first-order chi connectivity index (χ1) is 4.67. The van der Waals surface area contributed by atoms with Crippen LogP contribution in [0.1, 0.15) is 25.7 Å². The van der Waals surface area contributed by atoms with Gasteiger partial charge in [0.25, 0.3) is 5.92 Å². The first-order valence-corrected chi connectivity index (χ1v) is 3.60. The van der Waals surface area contributed by atoms with Gasteiger partial charge in [0, 0.05) is 5.92 Å². The summed E-state index contributed by atoms with van der Waals surface area (Å²) in [5.74, 6) is -3.73. The van der Waals surface area contributed by atoms with Crippen molar-refractivity contribution in [2.24, 2.45) is 5.92 Å². The average molecular weight is 152 g/mol. The van der Waals surface area contributed by atoms with E-state index in [1.807, 2.05) is 0 Å². The quantitative estimate of drug-likeness (QED) is 0.570. The highest BCUT2D eigenvalue weighted by Gasteiger charge is 2.40. The van der Waals surface area contributed by atoms with E-state index in [2.05, 4.69) is 0 Å². The Morgan fingerprint density at radius 3 is 2.10 bits per heavy atom. The Morgan fingerprint density at radius 1 is 1.20 bits per heavy atom. The number of hydrogen-bond acceptors (Lipinski definition) is 0. The van der Waals surface area contributed by atoms with Gasteiger partial charge >= 0.3 is 0 Å². The lowest BCUT2D eigenvalue weighted by Gasteiger charge is -2.18. The summed E-state index contributed by atoms with van der Waals surface area (Å²) in [4.78, 5) is 0. The molecular formula is C7H11F3. The van der Waals surface area contributed by atoms with E-state index in [0.717, 1.165) is 12.8 Å². The lowest BCUT2D eigenvalue weighted by molar-refractivity contribution is -0.0736. The van der Waals surface area contributed by atoms with Crippen LogP contribution in [0.15, 0.2) is 0 Å². The molecule has 0 aromatic heterocycles. The molecule has 0 amide bonds. The zero-order chi connectivity index (χ0) is 7.61. The Labute approximate surface area is 58.4 Å². The monoisotopic (exact) mass is 152 g/mol. The second-order valence-electron chi connectivity index (χ2n) is 2.88. The van der Waals surface area contributed by atoms with Crippen molar-refractivity contribution in [1.82, 2.24) is 0 Å². The van der Waals surface area contributed by atoms with Crippen LogP contribution in [0, 0.1) is 5.92 Å². The molecule has 60 valence electrons. The second-order valence-corrected chi connectivity index (χ2v) is 2.88. The van der Waals surface area contributed by atoms with Gasteiger partial charge in [0.1, 0.15) is 0 Å². The second kappa shape index (κ2) is 2.81. The van der Waals surface area contributed by atoms with Crippen LogP contribution >= 0.6 is 0 Å². The Hall–Kier alpha value is -0.210. The van der Waals surface area contributed by atoms with Gasteiger partial charge < -0.3 is 0 Å². The maximum absolute atomic E-state index is 12.5. The standard InChI is InChI=1S/C7H11F3/c8-5-7(9,10)6-3-1-2-4-6/h6H,1-5H2. The lowest BCUT2D eigenvalue weighted by Crippen LogP contribution is -2.28. The average Bonchev–Trinajstić information content (AvgIpc) is 2.38. The van der Waals surface area contributed by atoms with Crippen molar-refractivity contribution in [2.75, 3.05) is 6.67 Å². The topological polar surface area (TPSA) is 0 Å². The zero-order valence-corrected chi connectivity index (χ0v) is 5.75. The van der Waals surface area contributed by atoms with Crippen LogP contribution in [-0.4, -0.2) is 12.6 Å². The van der Waals surface area contributed by atoms with Crippen molar-refractivity contribution < 1.29 is 13.2 Å². The number of hydrogen-bond donors (Lipinski definition) is 0. The summed E-state index contributed by atoms with van der Waals surface area (Å²) in [5.41, 5.74) is 0. The highest BCUT2D eigenvalue weighted by molar-refractivity contribution is 4.80. The number of alkyl halides is 3. The van der Waals surface area contributed by atoms with E-state index >= 15 is 0 Å². The summed E-state index contributed by atoms with van der Waals surface area (Å²) in [6.45, 7) is -1.49. The molecule has 1 rings (SSSR count). The molecule has 0 atom stereocenters. The maximum atomic E-state index is 12.5. The fraction of sp³-hybridized carbons (Fsp3) is 1.00. The summed E-state index contributed by atoms with van der Waals surface area (Å²) in [5, 5.41) is 0. The van der Waals surface area contributed by atoms with E-state index in [-0.39, 0.29) is 0 Å². The first-order valence-electron chi connectivity index (χ1n) is 3.60. The van der Waals surface area contributed by atoms with E-state index in [0.29, 0.717) is 12.8 Å². The smallest absolute Gasteiger partial charge is 0.244 e. The third-order valence-electron chi connectivity index (χ3n) is 2.13. The molecule has 0 unspecified atom stereocenters. The molecule has 0 bridgehead atoms. The van der Waals surface area contributed by atoms with Gasteiger partial charge in [-0.3, -0.25) is 0 Å². The fourth-order valence-corrected chi connectivity index (χ4v) is 1.46. The molecular weight excluding hydrogens is 141 g/mol. The Bertz CT molecular complexity index is 105. The predicted octanol–water partition coefficient (Wildman–Crippen LogP) is 2.78. The molecule has 1 saturated carbocycles. The largest absolute Gasteiger partial charge is 0.278 e. The van der Waals surface area contributed by atoms with Gasteiger partial charge in [-0.1, -0.05) is 12.8 Å². The molecule has 0 spiro atoms. The van der Waals surface area contributed by atoms with Crippen LogP contribution in [0.4, 0.5) is 13.2 Å². The summed E-state index contributed by atoms with van der Waals surface area (Å²) in [7, 11) is 0. The van der Waals surface area contributed by atoms with E-state index in [9.17, 15) is 13.2 Å². The van der Waals surface area contributed by atoms with Crippen molar-refractivity contribution in [3.63, 3.8) is 0 Å². The van der Waals surface area contributed by atoms with E-state index in [1.54, 1.807) is 0 Å². The van der Waals surface area contributed by atoms with E-state index in [4.69, 9.17) is 0 Å². The SMILES string of the molecule is FCC(F)(F)C1CCCC1. The third-order valence-corrected chi connectivity index (χ3v) is 2.13. The molecule has 0 nitrogen and oxygen atoms in total. The van der Waals surface area contributed by atoms with Crippen LogP contribution in [-0.2, 0) is 0 Å². The van der Waals surface area contributed by atoms with Gasteiger partial charge in [-0.25, -0.2) is 13.2 Å². The molecule has 0 heterocycles.